The lowest BCUT2D eigenvalue weighted by molar-refractivity contribution is 0.0730. The lowest BCUT2D eigenvalue weighted by atomic mass is 10.2. The number of ether oxygens (including phenoxy) is 2. The molecule has 0 amide bonds. The number of aromatic nitrogens is 2. The van der Waals surface area contributed by atoms with Crippen molar-refractivity contribution in [2.75, 3.05) is 26.3 Å². The number of hydrogen-bond donors (Lipinski definition) is 0. The Kier molecular flexibility index (Phi) is 5.81. The average Bonchev–Trinajstić information content (AvgIpc) is 3.23. The smallest absolute Gasteiger partial charge is 0.258 e. The Morgan fingerprint density at radius 1 is 1.03 bits per heavy atom. The van der Waals surface area contributed by atoms with Gasteiger partial charge >= 0.3 is 0 Å². The van der Waals surface area contributed by atoms with Crippen molar-refractivity contribution in [1.29, 1.82) is 0 Å². The number of benzene rings is 2. The molecule has 152 valence electrons. The van der Waals surface area contributed by atoms with E-state index in [0.717, 1.165) is 5.56 Å². The van der Waals surface area contributed by atoms with Crippen molar-refractivity contribution in [1.82, 2.24) is 14.4 Å². The van der Waals surface area contributed by atoms with E-state index in [9.17, 15) is 8.42 Å². The number of nitrogens with zero attached hydrogens (tertiary/aromatic N) is 3. The van der Waals surface area contributed by atoms with Gasteiger partial charge in [-0.25, -0.2) is 8.42 Å². The fourth-order valence-corrected chi connectivity index (χ4v) is 4.35. The van der Waals surface area contributed by atoms with Crippen LogP contribution in [0.25, 0.3) is 11.5 Å². The van der Waals surface area contributed by atoms with Gasteiger partial charge in [0, 0.05) is 23.7 Å². The minimum Gasteiger partial charge on any atom is -0.485 e. The van der Waals surface area contributed by atoms with E-state index in [4.69, 9.17) is 25.6 Å². The molecule has 3 aromatic rings. The lowest BCUT2D eigenvalue weighted by Crippen LogP contribution is -2.40. The maximum Gasteiger partial charge on any atom is 0.258 e. The summed E-state index contributed by atoms with van der Waals surface area (Å²) in [6.45, 7) is 1.61. The van der Waals surface area contributed by atoms with Crippen LogP contribution in [0.1, 0.15) is 5.82 Å². The van der Waals surface area contributed by atoms with E-state index in [-0.39, 0.29) is 11.5 Å². The van der Waals surface area contributed by atoms with E-state index in [2.05, 4.69) is 10.1 Å². The third kappa shape index (κ3) is 4.59. The molecule has 0 atom stereocenters. The molecule has 4 rings (SSSR count). The molecule has 2 aromatic carbocycles. The number of halogens is 1. The fraction of sp³-hybridized carbons (Fsp3) is 0.263. The van der Waals surface area contributed by atoms with E-state index < -0.39 is 10.0 Å². The summed E-state index contributed by atoms with van der Waals surface area (Å²) in [4.78, 5) is 4.50. The number of morpholine rings is 1. The van der Waals surface area contributed by atoms with Gasteiger partial charge in [-0.2, -0.15) is 9.29 Å². The Balaban J connectivity index is 1.39. The third-order valence-corrected chi connectivity index (χ3v) is 6.52. The Bertz CT molecular complexity index is 1060. The molecule has 0 bridgehead atoms. The second kappa shape index (κ2) is 8.50. The molecule has 0 unspecified atom stereocenters. The van der Waals surface area contributed by atoms with Crippen LogP contribution in [0.15, 0.2) is 57.9 Å². The number of sulfonamides is 1. The summed E-state index contributed by atoms with van der Waals surface area (Å²) in [6.07, 6.45) is 0. The zero-order valence-corrected chi connectivity index (χ0v) is 16.9. The first-order valence-corrected chi connectivity index (χ1v) is 10.7. The first-order valence-electron chi connectivity index (χ1n) is 8.92. The molecule has 8 nitrogen and oxygen atoms in total. The van der Waals surface area contributed by atoms with Crippen LogP contribution in [0.5, 0.6) is 5.75 Å². The van der Waals surface area contributed by atoms with Gasteiger partial charge in [-0.15, -0.1) is 0 Å². The SMILES string of the molecule is O=S(=O)(c1ccc(OCc2noc(-c3ccc(Cl)cc3)n2)cc1)N1CCOCC1. The van der Waals surface area contributed by atoms with Gasteiger partial charge in [0.25, 0.3) is 5.89 Å². The van der Waals surface area contributed by atoms with Gasteiger partial charge in [-0.1, -0.05) is 16.8 Å². The summed E-state index contributed by atoms with van der Waals surface area (Å²) < 4.78 is 42.7. The first kappa shape index (κ1) is 19.8. The van der Waals surface area contributed by atoms with Crippen LogP contribution in [-0.2, 0) is 21.4 Å². The maximum absolute atomic E-state index is 12.6. The van der Waals surface area contributed by atoms with Crippen LogP contribution < -0.4 is 4.74 Å². The van der Waals surface area contributed by atoms with Gasteiger partial charge in [0.2, 0.25) is 15.8 Å². The highest BCUT2D eigenvalue weighted by Crippen LogP contribution is 2.22. The maximum atomic E-state index is 12.6. The van der Waals surface area contributed by atoms with Gasteiger partial charge in [-0.3, -0.25) is 0 Å². The molecule has 29 heavy (non-hydrogen) atoms. The Labute approximate surface area is 173 Å². The summed E-state index contributed by atoms with van der Waals surface area (Å²) in [5.41, 5.74) is 0.755. The molecule has 1 fully saturated rings. The Morgan fingerprint density at radius 3 is 2.41 bits per heavy atom. The van der Waals surface area contributed by atoms with Gasteiger partial charge < -0.3 is 14.0 Å². The number of rotatable bonds is 6. The van der Waals surface area contributed by atoms with Crippen molar-refractivity contribution in [3.8, 4) is 17.2 Å². The topological polar surface area (TPSA) is 94.8 Å². The van der Waals surface area contributed by atoms with Crippen LogP contribution in [0.3, 0.4) is 0 Å². The second-order valence-electron chi connectivity index (χ2n) is 6.30. The molecule has 1 aromatic heterocycles. The van der Waals surface area contributed by atoms with Crippen LogP contribution >= 0.6 is 11.6 Å². The van der Waals surface area contributed by atoms with E-state index >= 15 is 0 Å². The van der Waals surface area contributed by atoms with E-state index in [0.29, 0.717) is 48.8 Å². The van der Waals surface area contributed by atoms with Crippen LogP contribution in [-0.4, -0.2) is 49.2 Å². The number of hydrogen-bond acceptors (Lipinski definition) is 7. The van der Waals surface area contributed by atoms with Crippen molar-refractivity contribution >= 4 is 21.6 Å². The zero-order valence-electron chi connectivity index (χ0n) is 15.3. The minimum absolute atomic E-state index is 0.0899. The Hall–Kier alpha value is -2.46. The standard InChI is InChI=1S/C19H18ClN3O5S/c20-15-3-1-14(2-4-15)19-21-18(22-28-19)13-27-16-5-7-17(8-6-16)29(24,25)23-9-11-26-12-10-23/h1-8H,9-13H2. The molecule has 1 aliphatic rings. The third-order valence-electron chi connectivity index (χ3n) is 4.36. The molecule has 0 aliphatic carbocycles. The average molecular weight is 436 g/mol. The lowest BCUT2D eigenvalue weighted by Gasteiger charge is -2.26. The molecule has 2 heterocycles. The van der Waals surface area contributed by atoms with Crippen LogP contribution in [0.2, 0.25) is 5.02 Å². The molecule has 0 saturated carbocycles. The molecule has 10 heteroatoms. The van der Waals surface area contributed by atoms with Gasteiger partial charge in [0.1, 0.15) is 5.75 Å². The molecule has 0 spiro atoms. The molecular formula is C19H18ClN3O5S. The van der Waals surface area contributed by atoms with Gasteiger partial charge in [0.15, 0.2) is 6.61 Å². The highest BCUT2D eigenvalue weighted by atomic mass is 35.5. The summed E-state index contributed by atoms with van der Waals surface area (Å²) in [6, 6.07) is 13.3. The van der Waals surface area contributed by atoms with E-state index in [1.54, 1.807) is 36.4 Å². The molecular weight excluding hydrogens is 418 g/mol. The van der Waals surface area contributed by atoms with Crippen LogP contribution in [0.4, 0.5) is 0 Å². The second-order valence-corrected chi connectivity index (χ2v) is 8.67. The first-order chi connectivity index (χ1) is 14.0. The Morgan fingerprint density at radius 2 is 1.72 bits per heavy atom. The monoisotopic (exact) mass is 435 g/mol. The fourth-order valence-electron chi connectivity index (χ4n) is 2.81. The van der Waals surface area contributed by atoms with Crippen molar-refractivity contribution in [2.45, 2.75) is 11.5 Å². The summed E-state index contributed by atoms with van der Waals surface area (Å²) in [5, 5.41) is 4.51. The normalized spacial score (nSPS) is 15.3. The van der Waals surface area contributed by atoms with Crippen molar-refractivity contribution in [2.24, 2.45) is 0 Å². The van der Waals surface area contributed by atoms with Crippen molar-refractivity contribution in [3.05, 3.63) is 59.4 Å². The molecule has 1 saturated heterocycles. The highest BCUT2D eigenvalue weighted by molar-refractivity contribution is 7.89. The van der Waals surface area contributed by atoms with Gasteiger partial charge in [-0.05, 0) is 48.5 Å². The molecule has 0 N–H and O–H groups in total. The highest BCUT2D eigenvalue weighted by Gasteiger charge is 2.26. The summed E-state index contributed by atoms with van der Waals surface area (Å²) in [7, 11) is -3.53. The predicted molar refractivity (Wildman–Crippen MR) is 105 cm³/mol. The molecule has 0 radical (unpaired) electrons. The summed E-state index contributed by atoms with van der Waals surface area (Å²) >= 11 is 5.87. The van der Waals surface area contributed by atoms with E-state index in [1.165, 1.54) is 16.4 Å². The molecule has 1 aliphatic heterocycles. The van der Waals surface area contributed by atoms with Gasteiger partial charge in [0.05, 0.1) is 18.1 Å². The summed E-state index contributed by atoms with van der Waals surface area (Å²) in [5.74, 6) is 1.25. The largest absolute Gasteiger partial charge is 0.485 e. The van der Waals surface area contributed by atoms with E-state index in [1.807, 2.05) is 0 Å². The van der Waals surface area contributed by atoms with Crippen LogP contribution in [0, 0.1) is 0 Å². The zero-order chi connectivity index (χ0) is 20.3. The van der Waals surface area contributed by atoms with Crippen molar-refractivity contribution in [3.63, 3.8) is 0 Å². The minimum atomic E-state index is -3.53. The quantitative estimate of drug-likeness (QED) is 0.587. The van der Waals surface area contributed by atoms with Crippen molar-refractivity contribution < 1.29 is 22.4 Å². The predicted octanol–water partition coefficient (Wildman–Crippen LogP) is 2.99.